The van der Waals surface area contributed by atoms with Gasteiger partial charge in [-0.15, -0.1) is 0 Å². The zero-order valence-corrected chi connectivity index (χ0v) is 10.5. The van der Waals surface area contributed by atoms with Crippen molar-refractivity contribution in [1.29, 1.82) is 0 Å². The Morgan fingerprint density at radius 2 is 2.28 bits per heavy atom. The van der Waals surface area contributed by atoms with Crippen LogP contribution in [0.25, 0.3) is 0 Å². The maximum absolute atomic E-state index is 11.2. The summed E-state index contributed by atoms with van der Waals surface area (Å²) in [5, 5.41) is 14.7. The number of sulfone groups is 1. The largest absolute Gasteiger partial charge is 0.357 e. The molecule has 0 aliphatic carbocycles. The van der Waals surface area contributed by atoms with Crippen molar-refractivity contribution >= 4 is 32.9 Å². The zero-order valence-electron chi connectivity index (χ0n) is 8.91. The highest BCUT2D eigenvalue weighted by Crippen LogP contribution is 2.26. The van der Waals surface area contributed by atoms with E-state index >= 15 is 0 Å². The van der Waals surface area contributed by atoms with Crippen LogP contribution in [0.5, 0.6) is 0 Å². The summed E-state index contributed by atoms with van der Waals surface area (Å²) in [7, 11) is -3.22. The lowest BCUT2D eigenvalue weighted by Gasteiger charge is -2.10. The van der Waals surface area contributed by atoms with Crippen LogP contribution in [0.4, 0.5) is 11.5 Å². The van der Waals surface area contributed by atoms with Gasteiger partial charge in [-0.2, -0.15) is 0 Å². The Morgan fingerprint density at radius 3 is 2.83 bits per heavy atom. The summed E-state index contributed by atoms with van der Waals surface area (Å²) in [5.74, 6) is -0.148. The van der Waals surface area contributed by atoms with Crippen LogP contribution in [-0.2, 0) is 9.84 Å². The minimum atomic E-state index is -3.22. The van der Waals surface area contributed by atoms with Gasteiger partial charge in [0, 0.05) is 17.7 Å². The average molecular weight is 290 g/mol. The maximum atomic E-state index is 11.2. The predicted octanol–water partition coefficient (Wildman–Crippen LogP) is 1.37. The number of nitro groups is 1. The van der Waals surface area contributed by atoms with E-state index in [1.165, 1.54) is 12.3 Å². The van der Waals surface area contributed by atoms with Crippen molar-refractivity contribution in [1.82, 2.24) is 4.98 Å². The molecule has 1 aromatic heterocycles. The van der Waals surface area contributed by atoms with Gasteiger partial charge in [0.25, 0.3) is 0 Å². The fourth-order valence-corrected chi connectivity index (χ4v) is 2.91. The Morgan fingerprint density at radius 1 is 1.56 bits per heavy atom. The second-order valence-electron chi connectivity index (χ2n) is 3.69. The molecule has 0 saturated heterocycles. The van der Waals surface area contributed by atoms with Gasteiger partial charge in [-0.3, -0.25) is 10.1 Å². The van der Waals surface area contributed by atoms with Gasteiger partial charge in [0.15, 0.2) is 9.84 Å². The number of aromatic nitrogens is 1. The van der Waals surface area contributed by atoms with Crippen LogP contribution in [0.1, 0.15) is 0 Å². The molecular weight excluding hydrogens is 282 g/mol. The van der Waals surface area contributed by atoms with E-state index in [1.807, 2.05) is 0 Å². The van der Waals surface area contributed by atoms with E-state index in [0.29, 0.717) is 0 Å². The molecule has 0 aromatic carbocycles. The van der Waals surface area contributed by atoms with Crippen LogP contribution in [0.2, 0.25) is 5.02 Å². The molecule has 1 aromatic rings. The Kier molecular flexibility index (Phi) is 3.22. The van der Waals surface area contributed by atoms with Crippen LogP contribution in [0.15, 0.2) is 23.7 Å². The van der Waals surface area contributed by atoms with E-state index in [-0.39, 0.29) is 22.3 Å². The Labute approximate surface area is 108 Å². The third-order valence-corrected chi connectivity index (χ3v) is 3.89. The van der Waals surface area contributed by atoms with E-state index in [9.17, 15) is 18.5 Å². The molecule has 7 nitrogen and oxygen atoms in total. The molecule has 0 spiro atoms. The SMILES string of the molecule is O=[N+]([O-])c1cc(Cl)cnc1NC1C=CS(=O)(=O)C1. The second-order valence-corrected chi connectivity index (χ2v) is 6.05. The van der Waals surface area contributed by atoms with Gasteiger partial charge in [0.05, 0.1) is 21.7 Å². The minimum Gasteiger partial charge on any atom is -0.357 e. The molecule has 0 fully saturated rings. The zero-order chi connectivity index (χ0) is 13.3. The number of hydrogen-bond acceptors (Lipinski definition) is 6. The van der Waals surface area contributed by atoms with Crippen LogP contribution in [-0.4, -0.2) is 30.1 Å². The maximum Gasteiger partial charge on any atom is 0.312 e. The molecular formula is C9H8ClN3O4S. The smallest absolute Gasteiger partial charge is 0.312 e. The van der Waals surface area contributed by atoms with Gasteiger partial charge in [0.2, 0.25) is 5.82 Å². The van der Waals surface area contributed by atoms with E-state index in [1.54, 1.807) is 0 Å². The van der Waals surface area contributed by atoms with Crippen molar-refractivity contribution in [3.8, 4) is 0 Å². The minimum absolute atomic E-state index is 0.00356. The van der Waals surface area contributed by atoms with Crippen molar-refractivity contribution in [3.63, 3.8) is 0 Å². The van der Waals surface area contributed by atoms with Crippen molar-refractivity contribution in [2.75, 3.05) is 11.1 Å². The normalized spacial score (nSPS) is 20.8. The van der Waals surface area contributed by atoms with Gasteiger partial charge in [-0.1, -0.05) is 11.6 Å². The fraction of sp³-hybridized carbons (Fsp3) is 0.222. The predicted molar refractivity (Wildman–Crippen MR) is 66.2 cm³/mol. The molecule has 2 heterocycles. The molecule has 1 unspecified atom stereocenters. The number of nitrogens with one attached hydrogen (secondary N) is 1. The highest BCUT2D eigenvalue weighted by atomic mass is 35.5. The highest BCUT2D eigenvalue weighted by Gasteiger charge is 2.25. The summed E-state index contributed by atoms with van der Waals surface area (Å²) in [6, 6.07) is 0.631. The molecule has 96 valence electrons. The number of nitrogens with zero attached hydrogens (tertiary/aromatic N) is 2. The number of halogens is 1. The summed E-state index contributed by atoms with van der Waals surface area (Å²) >= 11 is 5.62. The van der Waals surface area contributed by atoms with E-state index in [4.69, 9.17) is 11.6 Å². The summed E-state index contributed by atoms with van der Waals surface area (Å²) in [4.78, 5) is 14.0. The summed E-state index contributed by atoms with van der Waals surface area (Å²) in [5.41, 5.74) is -0.291. The molecule has 1 atom stereocenters. The lowest BCUT2D eigenvalue weighted by atomic mass is 10.3. The van der Waals surface area contributed by atoms with Gasteiger partial charge < -0.3 is 5.32 Å². The first kappa shape index (κ1) is 12.8. The molecule has 0 amide bonds. The number of pyridine rings is 1. The number of anilines is 1. The van der Waals surface area contributed by atoms with Gasteiger partial charge in [-0.25, -0.2) is 13.4 Å². The average Bonchev–Trinajstić information content (AvgIpc) is 2.60. The number of hydrogen-bond donors (Lipinski definition) is 1. The molecule has 2 rings (SSSR count). The second kappa shape index (κ2) is 4.54. The summed E-state index contributed by atoms with van der Waals surface area (Å²) in [6.45, 7) is 0. The molecule has 0 saturated carbocycles. The molecule has 9 heteroatoms. The van der Waals surface area contributed by atoms with E-state index in [0.717, 1.165) is 11.5 Å². The Balaban J connectivity index is 2.25. The first-order valence-corrected chi connectivity index (χ1v) is 6.94. The third kappa shape index (κ3) is 2.77. The van der Waals surface area contributed by atoms with E-state index < -0.39 is 20.8 Å². The Hall–Kier alpha value is -1.67. The lowest BCUT2D eigenvalue weighted by Crippen LogP contribution is -2.22. The molecule has 1 aliphatic rings. The van der Waals surface area contributed by atoms with Gasteiger partial charge in [-0.05, 0) is 6.08 Å². The third-order valence-electron chi connectivity index (χ3n) is 2.28. The van der Waals surface area contributed by atoms with Gasteiger partial charge >= 0.3 is 5.69 Å². The Bertz CT molecular complexity index is 629. The molecule has 18 heavy (non-hydrogen) atoms. The molecule has 0 bridgehead atoms. The van der Waals surface area contributed by atoms with Crippen molar-refractivity contribution in [2.24, 2.45) is 0 Å². The standard InChI is InChI=1S/C9H8ClN3O4S/c10-6-3-8(13(14)15)9(11-4-6)12-7-1-2-18(16,17)5-7/h1-4,7H,5H2,(H,11,12). The molecule has 0 radical (unpaired) electrons. The van der Waals surface area contributed by atoms with Crippen molar-refractivity contribution in [3.05, 3.63) is 38.9 Å². The quantitative estimate of drug-likeness (QED) is 0.666. The van der Waals surface area contributed by atoms with Crippen LogP contribution in [0, 0.1) is 10.1 Å². The topological polar surface area (TPSA) is 102 Å². The first-order valence-electron chi connectivity index (χ1n) is 4.85. The van der Waals surface area contributed by atoms with Crippen molar-refractivity contribution < 1.29 is 13.3 Å². The monoisotopic (exact) mass is 289 g/mol. The van der Waals surface area contributed by atoms with E-state index in [2.05, 4.69) is 10.3 Å². The van der Waals surface area contributed by atoms with Gasteiger partial charge in [0.1, 0.15) is 0 Å². The van der Waals surface area contributed by atoms with Crippen LogP contribution in [0.3, 0.4) is 0 Å². The molecule has 1 aliphatic heterocycles. The number of rotatable bonds is 3. The fourth-order valence-electron chi connectivity index (χ4n) is 1.52. The molecule has 1 N–H and O–H groups in total. The van der Waals surface area contributed by atoms with Crippen molar-refractivity contribution in [2.45, 2.75) is 6.04 Å². The summed E-state index contributed by atoms with van der Waals surface area (Å²) < 4.78 is 22.4. The first-order chi connectivity index (χ1) is 8.37. The van der Waals surface area contributed by atoms with Crippen LogP contribution >= 0.6 is 11.6 Å². The lowest BCUT2D eigenvalue weighted by molar-refractivity contribution is -0.384. The highest BCUT2D eigenvalue weighted by molar-refractivity contribution is 7.94. The van der Waals surface area contributed by atoms with Crippen LogP contribution < -0.4 is 5.32 Å². The summed E-state index contributed by atoms with van der Waals surface area (Å²) in [6.07, 6.45) is 2.68.